The molecular formula is C18H19N3S2. The predicted octanol–water partition coefficient (Wildman–Crippen LogP) is 5.32. The maximum Gasteiger partial charge on any atom is 0.187 e. The third kappa shape index (κ3) is 4.18. The molecule has 3 rings (SSSR count). The van der Waals surface area contributed by atoms with Crippen molar-refractivity contribution in [1.29, 1.82) is 0 Å². The van der Waals surface area contributed by atoms with E-state index in [4.69, 9.17) is 4.98 Å². The number of aromatic nitrogens is 3. The van der Waals surface area contributed by atoms with E-state index < -0.39 is 0 Å². The lowest BCUT2D eigenvalue weighted by atomic mass is 10.0. The summed E-state index contributed by atoms with van der Waals surface area (Å²) in [6.45, 7) is 6.41. The van der Waals surface area contributed by atoms with Gasteiger partial charge in [0.05, 0.1) is 5.69 Å². The van der Waals surface area contributed by atoms with Crippen molar-refractivity contribution >= 4 is 23.1 Å². The Hall–Kier alpha value is -1.72. The molecule has 2 aromatic heterocycles. The van der Waals surface area contributed by atoms with Gasteiger partial charge in [0.2, 0.25) is 0 Å². The highest BCUT2D eigenvalue weighted by molar-refractivity contribution is 7.98. The number of rotatable bonds is 5. The fourth-order valence-electron chi connectivity index (χ4n) is 2.11. The van der Waals surface area contributed by atoms with E-state index >= 15 is 0 Å². The Morgan fingerprint density at radius 2 is 1.78 bits per heavy atom. The Bertz CT molecular complexity index is 762. The van der Waals surface area contributed by atoms with E-state index in [-0.39, 0.29) is 0 Å². The van der Waals surface area contributed by atoms with Crippen LogP contribution in [0.3, 0.4) is 0 Å². The van der Waals surface area contributed by atoms with Crippen LogP contribution in [0.1, 0.15) is 36.6 Å². The summed E-state index contributed by atoms with van der Waals surface area (Å²) in [5, 5.41) is 3.99. The molecule has 3 nitrogen and oxygen atoms in total. The van der Waals surface area contributed by atoms with Crippen LogP contribution in [-0.2, 0) is 5.75 Å². The summed E-state index contributed by atoms with van der Waals surface area (Å²) in [6.07, 6.45) is 3.69. The normalized spacial score (nSPS) is 11.1. The molecule has 0 unspecified atom stereocenters. The van der Waals surface area contributed by atoms with Crippen molar-refractivity contribution in [3.63, 3.8) is 0 Å². The number of hydrogen-bond acceptors (Lipinski definition) is 5. The van der Waals surface area contributed by atoms with Crippen LogP contribution in [0.2, 0.25) is 0 Å². The quantitative estimate of drug-likeness (QED) is 0.465. The first kappa shape index (κ1) is 16.1. The Labute approximate surface area is 145 Å². The molecule has 0 aliphatic rings. The van der Waals surface area contributed by atoms with Crippen molar-refractivity contribution < 1.29 is 0 Å². The molecule has 0 saturated carbocycles. The maximum absolute atomic E-state index is 4.73. The SMILES string of the molecule is Cc1cnc(SCc2csc(-c3ccc(C(C)C)cc3)n2)nc1. The van der Waals surface area contributed by atoms with E-state index in [1.807, 2.05) is 19.3 Å². The van der Waals surface area contributed by atoms with Gasteiger partial charge in [0, 0.05) is 29.1 Å². The molecule has 0 aliphatic heterocycles. The van der Waals surface area contributed by atoms with Crippen LogP contribution in [0.15, 0.2) is 47.2 Å². The van der Waals surface area contributed by atoms with Crippen LogP contribution in [0, 0.1) is 6.92 Å². The number of benzene rings is 1. The fraction of sp³-hybridized carbons (Fsp3) is 0.278. The van der Waals surface area contributed by atoms with Crippen LogP contribution in [0.5, 0.6) is 0 Å². The molecule has 0 N–H and O–H groups in total. The maximum atomic E-state index is 4.73. The van der Waals surface area contributed by atoms with Gasteiger partial charge in [0.25, 0.3) is 0 Å². The van der Waals surface area contributed by atoms with Crippen LogP contribution in [0.25, 0.3) is 10.6 Å². The molecule has 2 heterocycles. The zero-order chi connectivity index (χ0) is 16.2. The standard InChI is InChI=1S/C18H19N3S2/c1-12(2)14-4-6-15(7-5-14)17-21-16(10-22-17)11-23-18-19-8-13(3)9-20-18/h4-10,12H,11H2,1-3H3. The average Bonchev–Trinajstić information content (AvgIpc) is 3.03. The smallest absolute Gasteiger partial charge is 0.187 e. The third-order valence-corrected chi connectivity index (χ3v) is 5.33. The Morgan fingerprint density at radius 1 is 1.09 bits per heavy atom. The summed E-state index contributed by atoms with van der Waals surface area (Å²) in [5.41, 5.74) is 4.70. The number of aryl methyl sites for hydroxylation is 1. The second kappa shape index (κ2) is 7.23. The van der Waals surface area contributed by atoms with Gasteiger partial charge in [-0.3, -0.25) is 0 Å². The topological polar surface area (TPSA) is 38.7 Å². The Balaban J connectivity index is 1.66. The van der Waals surface area contributed by atoms with Crippen molar-refractivity contribution in [2.24, 2.45) is 0 Å². The number of thioether (sulfide) groups is 1. The molecular weight excluding hydrogens is 322 g/mol. The van der Waals surface area contributed by atoms with Gasteiger partial charge in [-0.15, -0.1) is 11.3 Å². The number of nitrogens with zero attached hydrogens (tertiary/aromatic N) is 3. The molecule has 0 radical (unpaired) electrons. The zero-order valence-corrected chi connectivity index (χ0v) is 15.1. The molecule has 1 aromatic carbocycles. The minimum absolute atomic E-state index is 0.557. The van der Waals surface area contributed by atoms with Crippen LogP contribution >= 0.6 is 23.1 Å². The first-order valence-electron chi connectivity index (χ1n) is 7.58. The highest BCUT2D eigenvalue weighted by Crippen LogP contribution is 2.28. The summed E-state index contributed by atoms with van der Waals surface area (Å²) in [6, 6.07) is 8.70. The number of hydrogen-bond donors (Lipinski definition) is 0. The zero-order valence-electron chi connectivity index (χ0n) is 13.5. The lowest BCUT2D eigenvalue weighted by Crippen LogP contribution is -1.89. The highest BCUT2D eigenvalue weighted by Gasteiger charge is 2.07. The molecule has 3 aromatic rings. The van der Waals surface area contributed by atoms with Gasteiger partial charge < -0.3 is 0 Å². The second-order valence-corrected chi connectivity index (χ2v) is 7.55. The first-order chi connectivity index (χ1) is 11.1. The van der Waals surface area contributed by atoms with E-state index in [1.165, 1.54) is 11.1 Å². The number of thiazole rings is 1. The molecule has 0 atom stereocenters. The van der Waals surface area contributed by atoms with E-state index in [2.05, 4.69) is 53.5 Å². The summed E-state index contributed by atoms with van der Waals surface area (Å²) < 4.78 is 0. The molecule has 0 saturated heterocycles. The molecule has 0 fully saturated rings. The summed E-state index contributed by atoms with van der Waals surface area (Å²) >= 11 is 3.31. The van der Waals surface area contributed by atoms with Gasteiger partial charge in [0.15, 0.2) is 5.16 Å². The third-order valence-electron chi connectivity index (χ3n) is 3.48. The van der Waals surface area contributed by atoms with Gasteiger partial charge in [-0.25, -0.2) is 15.0 Å². The molecule has 0 bridgehead atoms. The molecule has 23 heavy (non-hydrogen) atoms. The van der Waals surface area contributed by atoms with E-state index in [1.54, 1.807) is 23.1 Å². The van der Waals surface area contributed by atoms with Gasteiger partial charge in [-0.05, 0) is 24.0 Å². The first-order valence-corrected chi connectivity index (χ1v) is 9.44. The molecule has 0 amide bonds. The monoisotopic (exact) mass is 341 g/mol. The largest absolute Gasteiger partial charge is 0.240 e. The minimum atomic E-state index is 0.557. The van der Waals surface area contributed by atoms with E-state index in [0.29, 0.717) is 5.92 Å². The molecule has 5 heteroatoms. The molecule has 0 aliphatic carbocycles. The van der Waals surface area contributed by atoms with Crippen molar-refractivity contribution in [3.8, 4) is 10.6 Å². The van der Waals surface area contributed by atoms with E-state index in [9.17, 15) is 0 Å². The summed E-state index contributed by atoms with van der Waals surface area (Å²) in [7, 11) is 0. The Kier molecular flexibility index (Phi) is 5.08. The van der Waals surface area contributed by atoms with Crippen LogP contribution < -0.4 is 0 Å². The minimum Gasteiger partial charge on any atom is -0.240 e. The lowest BCUT2D eigenvalue weighted by molar-refractivity contribution is 0.867. The van der Waals surface area contributed by atoms with Crippen LogP contribution in [-0.4, -0.2) is 15.0 Å². The average molecular weight is 342 g/mol. The molecule has 0 spiro atoms. The summed E-state index contributed by atoms with van der Waals surface area (Å²) in [5.74, 6) is 1.35. The van der Waals surface area contributed by atoms with Crippen molar-refractivity contribution in [2.45, 2.75) is 37.6 Å². The highest BCUT2D eigenvalue weighted by atomic mass is 32.2. The second-order valence-electron chi connectivity index (χ2n) is 5.75. The van der Waals surface area contributed by atoms with Gasteiger partial charge >= 0.3 is 0 Å². The summed E-state index contributed by atoms with van der Waals surface area (Å²) in [4.78, 5) is 13.4. The van der Waals surface area contributed by atoms with Gasteiger partial charge in [-0.2, -0.15) is 0 Å². The predicted molar refractivity (Wildman–Crippen MR) is 98.0 cm³/mol. The lowest BCUT2D eigenvalue weighted by Gasteiger charge is -2.05. The van der Waals surface area contributed by atoms with E-state index in [0.717, 1.165) is 27.2 Å². The fourth-order valence-corrected chi connectivity index (χ4v) is 3.72. The van der Waals surface area contributed by atoms with Crippen LogP contribution in [0.4, 0.5) is 0 Å². The van der Waals surface area contributed by atoms with Gasteiger partial charge in [-0.1, -0.05) is 49.9 Å². The molecule has 118 valence electrons. The Morgan fingerprint density at radius 3 is 2.43 bits per heavy atom. The van der Waals surface area contributed by atoms with Crippen molar-refractivity contribution in [1.82, 2.24) is 15.0 Å². The van der Waals surface area contributed by atoms with Gasteiger partial charge in [0.1, 0.15) is 5.01 Å². The van der Waals surface area contributed by atoms with Crippen molar-refractivity contribution in [2.75, 3.05) is 0 Å². The van der Waals surface area contributed by atoms with Crippen molar-refractivity contribution in [3.05, 3.63) is 58.9 Å².